The molecule has 1 fully saturated rings. The zero-order valence-electron chi connectivity index (χ0n) is 11.4. The smallest absolute Gasteiger partial charge is 0.327 e. The summed E-state index contributed by atoms with van der Waals surface area (Å²) >= 11 is 0. The SMILES string of the molecule is CC(C(=O)N1c2ccccc2CC1C(=O)O)C1CNC1. The van der Waals surface area contributed by atoms with E-state index in [0.29, 0.717) is 12.3 Å². The number of nitrogens with one attached hydrogen (secondary N) is 1. The highest BCUT2D eigenvalue weighted by Gasteiger charge is 2.42. The van der Waals surface area contributed by atoms with E-state index in [1.807, 2.05) is 31.2 Å². The van der Waals surface area contributed by atoms with Crippen molar-refractivity contribution in [2.75, 3.05) is 18.0 Å². The molecule has 5 heteroatoms. The van der Waals surface area contributed by atoms with Gasteiger partial charge in [0.2, 0.25) is 5.91 Å². The van der Waals surface area contributed by atoms with Gasteiger partial charge in [0.25, 0.3) is 0 Å². The van der Waals surface area contributed by atoms with E-state index in [0.717, 1.165) is 24.3 Å². The molecule has 2 atom stereocenters. The van der Waals surface area contributed by atoms with Crippen LogP contribution in [-0.4, -0.2) is 36.1 Å². The number of nitrogens with zero attached hydrogens (tertiary/aromatic N) is 1. The molecule has 1 amide bonds. The lowest BCUT2D eigenvalue weighted by Gasteiger charge is -2.35. The highest BCUT2D eigenvalue weighted by molar-refractivity contribution is 6.03. The Morgan fingerprint density at radius 3 is 2.65 bits per heavy atom. The van der Waals surface area contributed by atoms with E-state index in [9.17, 15) is 14.7 Å². The average molecular weight is 274 g/mol. The highest BCUT2D eigenvalue weighted by atomic mass is 16.4. The van der Waals surface area contributed by atoms with E-state index in [1.165, 1.54) is 4.90 Å². The first-order chi connectivity index (χ1) is 9.59. The Kier molecular flexibility index (Phi) is 3.22. The number of hydrogen-bond acceptors (Lipinski definition) is 3. The number of aliphatic carboxylic acids is 1. The van der Waals surface area contributed by atoms with Gasteiger partial charge in [-0.25, -0.2) is 4.79 Å². The van der Waals surface area contributed by atoms with Crippen molar-refractivity contribution < 1.29 is 14.7 Å². The summed E-state index contributed by atoms with van der Waals surface area (Å²) in [5.74, 6) is -0.851. The van der Waals surface area contributed by atoms with Crippen LogP contribution >= 0.6 is 0 Å². The normalized spacial score (nSPS) is 23.1. The molecular weight excluding hydrogens is 256 g/mol. The Bertz CT molecular complexity index is 554. The number of carboxylic acid groups (broad SMARTS) is 1. The van der Waals surface area contributed by atoms with Gasteiger partial charge in [0.1, 0.15) is 6.04 Å². The van der Waals surface area contributed by atoms with Gasteiger partial charge in [0.15, 0.2) is 0 Å². The number of carbonyl (C=O) groups excluding carboxylic acids is 1. The molecule has 0 radical (unpaired) electrons. The second kappa shape index (κ2) is 4.90. The van der Waals surface area contributed by atoms with Crippen LogP contribution in [0.4, 0.5) is 5.69 Å². The second-order valence-electron chi connectivity index (χ2n) is 5.60. The number of benzene rings is 1. The minimum atomic E-state index is -0.937. The summed E-state index contributed by atoms with van der Waals surface area (Å²) < 4.78 is 0. The van der Waals surface area contributed by atoms with Crippen LogP contribution in [0.3, 0.4) is 0 Å². The third-order valence-corrected chi connectivity index (χ3v) is 4.41. The van der Waals surface area contributed by atoms with Crippen molar-refractivity contribution in [2.45, 2.75) is 19.4 Å². The topological polar surface area (TPSA) is 69.6 Å². The molecule has 0 aromatic heterocycles. The van der Waals surface area contributed by atoms with E-state index >= 15 is 0 Å². The summed E-state index contributed by atoms with van der Waals surface area (Å²) in [5.41, 5.74) is 1.69. The zero-order valence-corrected chi connectivity index (χ0v) is 11.4. The minimum Gasteiger partial charge on any atom is -0.480 e. The molecule has 1 saturated heterocycles. The fourth-order valence-electron chi connectivity index (χ4n) is 2.94. The Morgan fingerprint density at radius 2 is 2.05 bits per heavy atom. The van der Waals surface area contributed by atoms with Crippen LogP contribution in [0, 0.1) is 11.8 Å². The molecule has 2 heterocycles. The van der Waals surface area contributed by atoms with Crippen molar-refractivity contribution in [1.82, 2.24) is 5.32 Å². The zero-order chi connectivity index (χ0) is 14.3. The van der Waals surface area contributed by atoms with E-state index in [1.54, 1.807) is 0 Å². The van der Waals surface area contributed by atoms with Gasteiger partial charge in [-0.15, -0.1) is 0 Å². The molecular formula is C15H18N2O3. The molecule has 106 valence electrons. The van der Waals surface area contributed by atoms with Crippen LogP contribution in [0.15, 0.2) is 24.3 Å². The number of carbonyl (C=O) groups is 2. The predicted molar refractivity (Wildman–Crippen MR) is 74.6 cm³/mol. The molecule has 2 aliphatic rings. The fourth-order valence-corrected chi connectivity index (χ4v) is 2.94. The molecule has 5 nitrogen and oxygen atoms in total. The first-order valence-electron chi connectivity index (χ1n) is 6.94. The van der Waals surface area contributed by atoms with Gasteiger partial charge in [-0.1, -0.05) is 25.1 Å². The van der Waals surface area contributed by atoms with Gasteiger partial charge in [-0.3, -0.25) is 9.69 Å². The Hall–Kier alpha value is -1.88. The maximum Gasteiger partial charge on any atom is 0.327 e. The largest absolute Gasteiger partial charge is 0.480 e. The number of anilines is 1. The molecule has 2 unspecified atom stereocenters. The molecule has 3 rings (SSSR count). The van der Waals surface area contributed by atoms with Crippen LogP contribution in [0.1, 0.15) is 12.5 Å². The summed E-state index contributed by atoms with van der Waals surface area (Å²) in [4.78, 5) is 25.6. The number of fused-ring (bicyclic) bond motifs is 1. The van der Waals surface area contributed by atoms with Gasteiger partial charge in [0.05, 0.1) is 0 Å². The van der Waals surface area contributed by atoms with E-state index in [2.05, 4.69) is 5.32 Å². The highest BCUT2D eigenvalue weighted by Crippen LogP contribution is 2.34. The number of hydrogen-bond donors (Lipinski definition) is 2. The van der Waals surface area contributed by atoms with Gasteiger partial charge < -0.3 is 10.4 Å². The van der Waals surface area contributed by atoms with Crippen molar-refractivity contribution in [3.8, 4) is 0 Å². The summed E-state index contributed by atoms with van der Waals surface area (Å²) in [6, 6.07) is 6.69. The number of amides is 1. The molecule has 0 saturated carbocycles. The Morgan fingerprint density at radius 1 is 1.35 bits per heavy atom. The number of carboxylic acids is 1. The molecule has 1 aromatic rings. The van der Waals surface area contributed by atoms with Crippen LogP contribution in [0.5, 0.6) is 0 Å². The second-order valence-corrected chi connectivity index (χ2v) is 5.60. The van der Waals surface area contributed by atoms with Crippen molar-refractivity contribution >= 4 is 17.6 Å². The molecule has 20 heavy (non-hydrogen) atoms. The van der Waals surface area contributed by atoms with Crippen molar-refractivity contribution in [2.24, 2.45) is 11.8 Å². The molecule has 2 N–H and O–H groups in total. The predicted octanol–water partition coefficient (Wildman–Crippen LogP) is 0.884. The molecule has 2 aliphatic heterocycles. The lowest BCUT2D eigenvalue weighted by molar-refractivity contribution is -0.140. The van der Waals surface area contributed by atoms with Crippen molar-refractivity contribution in [1.29, 1.82) is 0 Å². The molecule has 0 aliphatic carbocycles. The monoisotopic (exact) mass is 274 g/mol. The Labute approximate surface area is 117 Å². The van der Waals surface area contributed by atoms with Crippen LogP contribution in [0.2, 0.25) is 0 Å². The third kappa shape index (κ3) is 1.98. The maximum absolute atomic E-state index is 12.7. The van der Waals surface area contributed by atoms with E-state index in [4.69, 9.17) is 0 Å². The third-order valence-electron chi connectivity index (χ3n) is 4.41. The Balaban J connectivity index is 1.91. The fraction of sp³-hybridized carbons (Fsp3) is 0.467. The van der Waals surface area contributed by atoms with Gasteiger partial charge >= 0.3 is 5.97 Å². The lowest BCUT2D eigenvalue weighted by atomic mass is 9.87. The van der Waals surface area contributed by atoms with Crippen molar-refractivity contribution in [3.63, 3.8) is 0 Å². The average Bonchev–Trinajstić information content (AvgIpc) is 2.75. The molecule has 0 bridgehead atoms. The van der Waals surface area contributed by atoms with Crippen LogP contribution in [-0.2, 0) is 16.0 Å². The molecule has 0 spiro atoms. The van der Waals surface area contributed by atoms with Crippen molar-refractivity contribution in [3.05, 3.63) is 29.8 Å². The van der Waals surface area contributed by atoms with Crippen LogP contribution in [0.25, 0.3) is 0 Å². The summed E-state index contributed by atoms with van der Waals surface area (Å²) in [6.45, 7) is 3.56. The summed E-state index contributed by atoms with van der Waals surface area (Å²) in [6.07, 6.45) is 0.396. The van der Waals surface area contributed by atoms with Gasteiger partial charge in [-0.05, 0) is 30.6 Å². The summed E-state index contributed by atoms with van der Waals surface area (Å²) in [5, 5.41) is 12.5. The standard InChI is InChI=1S/C15H18N2O3/c1-9(11-7-16-8-11)14(18)17-12-5-3-2-4-10(12)6-13(17)15(19)20/h2-5,9,11,13,16H,6-8H2,1H3,(H,19,20). The van der Waals surface area contributed by atoms with E-state index < -0.39 is 12.0 Å². The van der Waals surface area contributed by atoms with Gasteiger partial charge in [0, 0.05) is 18.0 Å². The molecule has 1 aromatic carbocycles. The lowest BCUT2D eigenvalue weighted by Crippen LogP contribution is -2.53. The van der Waals surface area contributed by atoms with E-state index in [-0.39, 0.29) is 11.8 Å². The minimum absolute atomic E-state index is 0.0751. The first-order valence-corrected chi connectivity index (χ1v) is 6.94. The van der Waals surface area contributed by atoms with Gasteiger partial charge in [-0.2, -0.15) is 0 Å². The first kappa shape index (κ1) is 13.1. The summed E-state index contributed by atoms with van der Waals surface area (Å²) in [7, 11) is 0. The maximum atomic E-state index is 12.7. The number of rotatable bonds is 3. The number of para-hydroxylation sites is 1. The quantitative estimate of drug-likeness (QED) is 0.858. The van der Waals surface area contributed by atoms with Crippen LogP contribution < -0.4 is 10.2 Å².